The molecule has 0 spiro atoms. The summed E-state index contributed by atoms with van der Waals surface area (Å²) in [4.78, 5) is 17.3. The molecule has 1 amide bonds. The monoisotopic (exact) mass is 180 g/mol. The Morgan fingerprint density at radius 1 is 1.62 bits per heavy atom. The van der Waals surface area contributed by atoms with Crippen molar-refractivity contribution in [2.75, 3.05) is 13.1 Å². The highest BCUT2D eigenvalue weighted by Crippen LogP contribution is 2.14. The number of fused-ring (bicyclic) bond motifs is 1. The average Bonchev–Trinajstić information content (AvgIpc) is 2.67. The van der Waals surface area contributed by atoms with Crippen LogP contribution in [-0.4, -0.2) is 33.6 Å². The van der Waals surface area contributed by atoms with Crippen LogP contribution < -0.4 is 5.73 Å². The van der Waals surface area contributed by atoms with Crippen LogP contribution in [0.25, 0.3) is 0 Å². The normalized spacial score (nSPS) is 15.2. The third-order valence-corrected chi connectivity index (χ3v) is 2.18. The second-order valence-corrected chi connectivity index (χ2v) is 3.10. The van der Waals surface area contributed by atoms with E-state index in [1.54, 1.807) is 22.0 Å². The maximum absolute atomic E-state index is 11.6. The molecular weight excluding hydrogens is 168 g/mol. The summed E-state index contributed by atoms with van der Waals surface area (Å²) in [5, 5.41) is 0. The average molecular weight is 180 g/mol. The third kappa shape index (κ3) is 1.31. The third-order valence-electron chi connectivity index (χ3n) is 2.18. The number of nitrogens with zero attached hydrogens (tertiary/aromatic N) is 3. The Bertz CT molecular complexity index is 320. The molecule has 0 atom stereocenters. The van der Waals surface area contributed by atoms with Crippen molar-refractivity contribution in [2.45, 2.75) is 13.0 Å². The first-order valence-electron chi connectivity index (χ1n) is 4.33. The standard InChI is InChI=1S/C8H12N4O/c9-2-1-3-11-5-7-4-10-6-12(7)8(11)13/h4,6H,1-3,5,9H2. The van der Waals surface area contributed by atoms with Gasteiger partial charge in [-0.25, -0.2) is 9.78 Å². The summed E-state index contributed by atoms with van der Waals surface area (Å²) in [6.45, 7) is 2.02. The minimum Gasteiger partial charge on any atom is -0.330 e. The fraction of sp³-hybridized carbons (Fsp3) is 0.500. The van der Waals surface area contributed by atoms with Crippen LogP contribution in [0.15, 0.2) is 12.5 Å². The van der Waals surface area contributed by atoms with Crippen molar-refractivity contribution in [1.82, 2.24) is 14.5 Å². The number of hydrogen-bond acceptors (Lipinski definition) is 3. The van der Waals surface area contributed by atoms with Crippen LogP contribution in [0.3, 0.4) is 0 Å². The molecule has 2 rings (SSSR count). The molecule has 0 saturated carbocycles. The van der Waals surface area contributed by atoms with E-state index in [-0.39, 0.29) is 6.03 Å². The highest BCUT2D eigenvalue weighted by Gasteiger charge is 2.25. The van der Waals surface area contributed by atoms with Crippen LogP contribution in [0, 0.1) is 0 Å². The van der Waals surface area contributed by atoms with E-state index >= 15 is 0 Å². The van der Waals surface area contributed by atoms with Crippen LogP contribution in [0.1, 0.15) is 12.1 Å². The zero-order valence-corrected chi connectivity index (χ0v) is 7.31. The molecule has 0 aliphatic carbocycles. The molecule has 70 valence electrons. The molecule has 0 saturated heterocycles. The van der Waals surface area contributed by atoms with Crippen molar-refractivity contribution in [3.63, 3.8) is 0 Å². The molecule has 0 bridgehead atoms. The second-order valence-electron chi connectivity index (χ2n) is 3.10. The van der Waals surface area contributed by atoms with Gasteiger partial charge in [-0.3, -0.25) is 4.57 Å². The van der Waals surface area contributed by atoms with Gasteiger partial charge in [0.05, 0.1) is 18.4 Å². The number of imidazole rings is 1. The molecule has 0 unspecified atom stereocenters. The van der Waals surface area contributed by atoms with Gasteiger partial charge in [-0.1, -0.05) is 0 Å². The number of hydrogen-bond donors (Lipinski definition) is 1. The summed E-state index contributed by atoms with van der Waals surface area (Å²) in [6, 6.07) is 0.0148. The van der Waals surface area contributed by atoms with Gasteiger partial charge in [0.2, 0.25) is 0 Å². The molecule has 1 aliphatic rings. The zero-order valence-electron chi connectivity index (χ0n) is 7.31. The first-order chi connectivity index (χ1) is 6.33. The van der Waals surface area contributed by atoms with Gasteiger partial charge >= 0.3 is 6.03 Å². The van der Waals surface area contributed by atoms with E-state index in [4.69, 9.17) is 5.73 Å². The lowest BCUT2D eigenvalue weighted by Gasteiger charge is -2.13. The zero-order chi connectivity index (χ0) is 9.26. The van der Waals surface area contributed by atoms with E-state index in [1.807, 2.05) is 0 Å². The van der Waals surface area contributed by atoms with Gasteiger partial charge < -0.3 is 10.6 Å². The Morgan fingerprint density at radius 2 is 2.46 bits per heavy atom. The Hall–Kier alpha value is -1.36. The molecule has 1 aromatic heterocycles. The number of aromatic nitrogens is 2. The highest BCUT2D eigenvalue weighted by molar-refractivity contribution is 5.79. The Labute approximate surface area is 76.2 Å². The van der Waals surface area contributed by atoms with Crippen molar-refractivity contribution < 1.29 is 4.79 Å². The fourth-order valence-corrected chi connectivity index (χ4v) is 1.48. The maximum Gasteiger partial charge on any atom is 0.330 e. The molecule has 13 heavy (non-hydrogen) atoms. The van der Waals surface area contributed by atoms with Crippen molar-refractivity contribution in [3.05, 3.63) is 18.2 Å². The minimum atomic E-state index is 0.0148. The van der Waals surface area contributed by atoms with E-state index in [0.717, 1.165) is 18.7 Å². The largest absolute Gasteiger partial charge is 0.330 e. The summed E-state index contributed by atoms with van der Waals surface area (Å²) in [5.74, 6) is 0. The highest BCUT2D eigenvalue weighted by atomic mass is 16.2. The van der Waals surface area contributed by atoms with Gasteiger partial charge in [-0.05, 0) is 13.0 Å². The lowest BCUT2D eigenvalue weighted by atomic mass is 10.4. The molecule has 5 heteroatoms. The van der Waals surface area contributed by atoms with Gasteiger partial charge in [0.1, 0.15) is 6.33 Å². The van der Waals surface area contributed by atoms with Crippen molar-refractivity contribution in [2.24, 2.45) is 5.73 Å². The summed E-state index contributed by atoms with van der Waals surface area (Å²) in [7, 11) is 0. The van der Waals surface area contributed by atoms with E-state index in [0.29, 0.717) is 13.1 Å². The quantitative estimate of drug-likeness (QED) is 0.713. The van der Waals surface area contributed by atoms with Gasteiger partial charge in [-0.15, -0.1) is 0 Å². The first-order valence-corrected chi connectivity index (χ1v) is 4.33. The topological polar surface area (TPSA) is 64.2 Å². The lowest BCUT2D eigenvalue weighted by Crippen LogP contribution is -2.28. The van der Waals surface area contributed by atoms with Gasteiger partial charge in [0.15, 0.2) is 0 Å². The number of rotatable bonds is 3. The van der Waals surface area contributed by atoms with E-state index < -0.39 is 0 Å². The Balaban J connectivity index is 2.06. The molecule has 0 fully saturated rings. The molecule has 2 N–H and O–H groups in total. The van der Waals surface area contributed by atoms with Crippen LogP contribution in [0.4, 0.5) is 4.79 Å². The Kier molecular flexibility index (Phi) is 2.02. The summed E-state index contributed by atoms with van der Waals surface area (Å²) >= 11 is 0. The van der Waals surface area contributed by atoms with E-state index in [9.17, 15) is 4.79 Å². The molecule has 5 nitrogen and oxygen atoms in total. The first kappa shape index (κ1) is 8.25. The number of amides is 1. The summed E-state index contributed by atoms with van der Waals surface area (Å²) < 4.78 is 1.58. The molecule has 1 aromatic rings. The molecule has 2 heterocycles. The van der Waals surface area contributed by atoms with Gasteiger partial charge in [0, 0.05) is 6.54 Å². The fourth-order valence-electron chi connectivity index (χ4n) is 1.48. The van der Waals surface area contributed by atoms with Crippen LogP contribution in [0.2, 0.25) is 0 Å². The predicted octanol–water partition coefficient (Wildman–Crippen LogP) is 0.0156. The minimum absolute atomic E-state index is 0.0148. The maximum atomic E-state index is 11.6. The lowest BCUT2D eigenvalue weighted by molar-refractivity contribution is 0.209. The number of nitrogens with two attached hydrogens (primary N) is 1. The van der Waals surface area contributed by atoms with Gasteiger partial charge in [0.25, 0.3) is 0 Å². The molecular formula is C8H12N4O. The van der Waals surface area contributed by atoms with Crippen molar-refractivity contribution in [1.29, 1.82) is 0 Å². The smallest absolute Gasteiger partial charge is 0.330 e. The van der Waals surface area contributed by atoms with E-state index in [2.05, 4.69) is 4.98 Å². The SMILES string of the molecule is NCCCN1Cc2cncn2C1=O. The van der Waals surface area contributed by atoms with Crippen molar-refractivity contribution in [3.8, 4) is 0 Å². The summed E-state index contributed by atoms with van der Waals surface area (Å²) in [6.07, 6.45) is 4.13. The van der Waals surface area contributed by atoms with E-state index in [1.165, 1.54) is 0 Å². The van der Waals surface area contributed by atoms with Crippen LogP contribution in [-0.2, 0) is 6.54 Å². The molecule has 0 radical (unpaired) electrons. The van der Waals surface area contributed by atoms with Gasteiger partial charge in [-0.2, -0.15) is 0 Å². The number of carbonyl (C=O) groups excluding carboxylic acids is 1. The Morgan fingerprint density at radius 3 is 3.15 bits per heavy atom. The summed E-state index contributed by atoms with van der Waals surface area (Å²) in [5.41, 5.74) is 6.34. The predicted molar refractivity (Wildman–Crippen MR) is 47.1 cm³/mol. The molecule has 1 aliphatic heterocycles. The second kappa shape index (κ2) is 3.18. The van der Waals surface area contributed by atoms with Crippen LogP contribution in [0.5, 0.6) is 0 Å². The number of carbonyl (C=O) groups is 1. The van der Waals surface area contributed by atoms with Crippen LogP contribution >= 0.6 is 0 Å². The molecule has 0 aromatic carbocycles. The van der Waals surface area contributed by atoms with Crippen molar-refractivity contribution >= 4 is 6.03 Å².